The fourth-order valence-electron chi connectivity index (χ4n) is 2.51. The number of nitrogens with one attached hydrogen (secondary N) is 1. The molecule has 0 amide bonds. The summed E-state index contributed by atoms with van der Waals surface area (Å²) in [5.74, 6) is 0.573. The van der Waals surface area contributed by atoms with Crippen molar-refractivity contribution >= 4 is 21.4 Å². The third-order valence-corrected chi connectivity index (χ3v) is 4.35. The molecule has 8 nitrogen and oxygen atoms in total. The Labute approximate surface area is 129 Å². The number of likely N-dealkylation sites (tertiary alicyclic amines) is 1. The van der Waals surface area contributed by atoms with Crippen molar-refractivity contribution in [2.75, 3.05) is 25.0 Å². The van der Waals surface area contributed by atoms with Crippen LogP contribution in [0.1, 0.15) is 13.8 Å². The van der Waals surface area contributed by atoms with Crippen molar-refractivity contribution in [3.05, 3.63) is 28.3 Å². The molecule has 9 heteroatoms. The van der Waals surface area contributed by atoms with Crippen LogP contribution in [0.5, 0.6) is 0 Å². The topological polar surface area (TPSA) is 119 Å². The van der Waals surface area contributed by atoms with Gasteiger partial charge in [0.25, 0.3) is 5.69 Å². The third-order valence-electron chi connectivity index (χ3n) is 3.43. The summed E-state index contributed by atoms with van der Waals surface area (Å²) in [5.41, 5.74) is 0.0282. The van der Waals surface area contributed by atoms with Gasteiger partial charge in [0.1, 0.15) is 5.69 Å². The molecule has 1 aliphatic heterocycles. The molecule has 0 aliphatic carbocycles. The van der Waals surface area contributed by atoms with Gasteiger partial charge >= 0.3 is 0 Å². The Kier molecular flexibility index (Phi) is 4.69. The lowest BCUT2D eigenvalue weighted by Crippen LogP contribution is -2.55. The zero-order valence-electron chi connectivity index (χ0n) is 12.5. The molecule has 1 aliphatic rings. The third kappa shape index (κ3) is 3.93. The number of hydrogen-bond donors (Lipinski definition) is 2. The van der Waals surface area contributed by atoms with E-state index in [-0.39, 0.29) is 16.6 Å². The molecular weight excluding hydrogens is 308 g/mol. The molecule has 122 valence electrons. The van der Waals surface area contributed by atoms with Gasteiger partial charge in [0.2, 0.25) is 10.0 Å². The molecule has 1 aromatic carbocycles. The van der Waals surface area contributed by atoms with E-state index < -0.39 is 14.9 Å². The Morgan fingerprint density at radius 3 is 2.59 bits per heavy atom. The van der Waals surface area contributed by atoms with E-state index in [0.717, 1.165) is 25.7 Å². The van der Waals surface area contributed by atoms with Gasteiger partial charge in [0, 0.05) is 25.7 Å². The maximum Gasteiger partial charge on any atom is 0.293 e. The zero-order valence-corrected chi connectivity index (χ0v) is 13.3. The average molecular weight is 328 g/mol. The van der Waals surface area contributed by atoms with E-state index in [9.17, 15) is 18.5 Å². The lowest BCUT2D eigenvalue weighted by atomic mass is 10.1. The first kappa shape index (κ1) is 16.7. The van der Waals surface area contributed by atoms with Crippen LogP contribution in [0.15, 0.2) is 23.1 Å². The number of sulfonamides is 1. The molecule has 22 heavy (non-hydrogen) atoms. The van der Waals surface area contributed by atoms with Gasteiger partial charge in [-0.05, 0) is 18.1 Å². The van der Waals surface area contributed by atoms with E-state index >= 15 is 0 Å². The van der Waals surface area contributed by atoms with Crippen LogP contribution < -0.4 is 10.5 Å². The molecule has 1 saturated heterocycles. The second kappa shape index (κ2) is 6.19. The van der Waals surface area contributed by atoms with E-state index in [0.29, 0.717) is 11.6 Å². The minimum absolute atomic E-state index is 0.123. The van der Waals surface area contributed by atoms with Crippen molar-refractivity contribution in [1.82, 2.24) is 4.90 Å². The summed E-state index contributed by atoms with van der Waals surface area (Å²) in [6.07, 6.45) is 0. The number of hydrogen-bond acceptors (Lipinski definition) is 6. The highest BCUT2D eigenvalue weighted by molar-refractivity contribution is 7.89. The second-order valence-corrected chi connectivity index (χ2v) is 7.50. The van der Waals surface area contributed by atoms with E-state index in [4.69, 9.17) is 5.14 Å². The quantitative estimate of drug-likeness (QED) is 0.594. The van der Waals surface area contributed by atoms with Gasteiger partial charge in [-0.1, -0.05) is 13.8 Å². The van der Waals surface area contributed by atoms with Gasteiger partial charge in [-0.15, -0.1) is 0 Å². The minimum atomic E-state index is -3.96. The maximum atomic E-state index is 11.3. The van der Waals surface area contributed by atoms with Crippen molar-refractivity contribution in [3.63, 3.8) is 0 Å². The Morgan fingerprint density at radius 2 is 2.09 bits per heavy atom. The number of rotatable bonds is 6. The van der Waals surface area contributed by atoms with Gasteiger partial charge in [-0.3, -0.25) is 15.0 Å². The molecule has 1 fully saturated rings. The number of nitrogens with two attached hydrogens (primary N) is 1. The Balaban J connectivity index is 2.10. The molecule has 0 aromatic heterocycles. The fourth-order valence-corrected chi connectivity index (χ4v) is 3.04. The molecule has 0 saturated carbocycles. The van der Waals surface area contributed by atoms with Gasteiger partial charge in [0.15, 0.2) is 0 Å². The molecule has 0 spiro atoms. The summed E-state index contributed by atoms with van der Waals surface area (Å²) in [7, 11) is -3.96. The van der Waals surface area contributed by atoms with Crippen LogP contribution in [0, 0.1) is 16.0 Å². The summed E-state index contributed by atoms with van der Waals surface area (Å²) < 4.78 is 22.6. The number of benzene rings is 1. The molecular formula is C13H20N4O4S. The van der Waals surface area contributed by atoms with Gasteiger partial charge in [-0.25, -0.2) is 13.6 Å². The molecule has 1 aromatic rings. The van der Waals surface area contributed by atoms with Crippen molar-refractivity contribution in [2.45, 2.75) is 24.8 Å². The number of primary sulfonamides is 1. The molecule has 0 unspecified atom stereocenters. The van der Waals surface area contributed by atoms with Gasteiger partial charge in [-0.2, -0.15) is 0 Å². The van der Waals surface area contributed by atoms with Crippen LogP contribution in [0.25, 0.3) is 0 Å². The van der Waals surface area contributed by atoms with Crippen LogP contribution in [0.4, 0.5) is 11.4 Å². The first-order valence-corrected chi connectivity index (χ1v) is 8.51. The number of anilines is 1. The second-order valence-electron chi connectivity index (χ2n) is 5.93. The average Bonchev–Trinajstić information content (AvgIpc) is 2.34. The van der Waals surface area contributed by atoms with Crippen LogP contribution in [-0.4, -0.2) is 43.9 Å². The predicted octanol–water partition coefficient (Wildman–Crippen LogP) is 0.994. The smallest absolute Gasteiger partial charge is 0.293 e. The van der Waals surface area contributed by atoms with Gasteiger partial charge < -0.3 is 5.32 Å². The van der Waals surface area contributed by atoms with Crippen LogP contribution in [0.2, 0.25) is 0 Å². The van der Waals surface area contributed by atoms with Gasteiger partial charge in [0.05, 0.1) is 15.9 Å². The monoisotopic (exact) mass is 328 g/mol. The predicted molar refractivity (Wildman–Crippen MR) is 83.2 cm³/mol. The summed E-state index contributed by atoms with van der Waals surface area (Å²) in [4.78, 5) is 12.5. The van der Waals surface area contributed by atoms with E-state index in [1.54, 1.807) is 0 Å². The first-order chi connectivity index (χ1) is 10.2. The summed E-state index contributed by atoms with van der Waals surface area (Å²) >= 11 is 0. The van der Waals surface area contributed by atoms with Crippen LogP contribution >= 0.6 is 0 Å². The highest BCUT2D eigenvalue weighted by atomic mass is 32.2. The molecule has 3 N–H and O–H groups in total. The lowest BCUT2D eigenvalue weighted by Gasteiger charge is -2.40. The Morgan fingerprint density at radius 1 is 1.45 bits per heavy atom. The molecule has 1 heterocycles. The summed E-state index contributed by atoms with van der Waals surface area (Å²) in [6.45, 7) is 6.89. The molecule has 0 bridgehead atoms. The van der Waals surface area contributed by atoms with Crippen molar-refractivity contribution in [1.29, 1.82) is 0 Å². The summed E-state index contributed by atoms with van der Waals surface area (Å²) in [6, 6.07) is 3.78. The maximum absolute atomic E-state index is 11.3. The van der Waals surface area contributed by atoms with Crippen molar-refractivity contribution in [3.8, 4) is 0 Å². The normalized spacial score (nSPS) is 16.5. The lowest BCUT2D eigenvalue weighted by molar-refractivity contribution is -0.384. The van der Waals surface area contributed by atoms with E-state index in [2.05, 4.69) is 24.1 Å². The van der Waals surface area contributed by atoms with Crippen LogP contribution in [0.3, 0.4) is 0 Å². The number of nitro groups is 1. The van der Waals surface area contributed by atoms with Crippen molar-refractivity contribution < 1.29 is 13.3 Å². The highest BCUT2D eigenvalue weighted by Crippen LogP contribution is 2.29. The first-order valence-electron chi connectivity index (χ1n) is 6.97. The van der Waals surface area contributed by atoms with E-state index in [1.165, 1.54) is 12.1 Å². The van der Waals surface area contributed by atoms with Crippen molar-refractivity contribution in [2.24, 2.45) is 11.1 Å². The van der Waals surface area contributed by atoms with Crippen LogP contribution in [-0.2, 0) is 10.0 Å². The number of nitro benzene ring substituents is 1. The minimum Gasteiger partial charge on any atom is -0.374 e. The standard InChI is InChI=1S/C13H20N4O4S/c1-9(2)6-16-7-10(8-16)15-12-4-3-11(22(14,20)21)5-13(12)17(18)19/h3-5,9-10,15H,6-8H2,1-2H3,(H2,14,20,21). The largest absolute Gasteiger partial charge is 0.374 e. The summed E-state index contributed by atoms with van der Waals surface area (Å²) in [5, 5.41) is 19.2. The fraction of sp³-hybridized carbons (Fsp3) is 0.538. The SMILES string of the molecule is CC(C)CN1CC(Nc2ccc(S(N)(=O)=O)cc2[N+](=O)[O-])C1. The molecule has 0 atom stereocenters. The Hall–Kier alpha value is -1.71. The van der Waals surface area contributed by atoms with E-state index in [1.807, 2.05) is 0 Å². The zero-order chi connectivity index (χ0) is 16.5. The Bertz CT molecular complexity index is 669. The molecule has 2 rings (SSSR count). The highest BCUT2D eigenvalue weighted by Gasteiger charge is 2.29. The number of nitrogens with zero attached hydrogens (tertiary/aromatic N) is 2. The molecule has 0 radical (unpaired) electrons.